The van der Waals surface area contributed by atoms with Crippen LogP contribution in [0.3, 0.4) is 0 Å². The van der Waals surface area contributed by atoms with Crippen LogP contribution in [-0.4, -0.2) is 19.6 Å². The van der Waals surface area contributed by atoms with E-state index in [1.54, 1.807) is 0 Å². The maximum atomic E-state index is 4.18. The first kappa shape index (κ1) is 10.9. The summed E-state index contributed by atoms with van der Waals surface area (Å²) in [6.07, 6.45) is 12.6. The largest absolute Gasteiger partial charge is 0.273 e. The van der Waals surface area contributed by atoms with Gasteiger partial charge in [0.15, 0.2) is 0 Å². The number of rotatable bonds is 7. The molecule has 0 radical (unpaired) electrons. The SMILES string of the molecule is c1cnn(CCCCCCn2cccn2)c1. The highest BCUT2D eigenvalue weighted by Crippen LogP contribution is 2.03. The molecule has 0 saturated carbocycles. The van der Waals surface area contributed by atoms with Crippen molar-refractivity contribution in [3.8, 4) is 0 Å². The summed E-state index contributed by atoms with van der Waals surface area (Å²) in [7, 11) is 0. The maximum Gasteiger partial charge on any atom is 0.0489 e. The van der Waals surface area contributed by atoms with Crippen molar-refractivity contribution < 1.29 is 0 Å². The molecule has 0 N–H and O–H groups in total. The average Bonchev–Trinajstić information content (AvgIpc) is 2.96. The summed E-state index contributed by atoms with van der Waals surface area (Å²) in [6.45, 7) is 2.07. The average molecular weight is 218 g/mol. The first-order valence-electron chi connectivity index (χ1n) is 5.90. The lowest BCUT2D eigenvalue weighted by Crippen LogP contribution is -2.00. The molecule has 2 aromatic rings. The molecular weight excluding hydrogens is 200 g/mol. The van der Waals surface area contributed by atoms with Gasteiger partial charge in [0.25, 0.3) is 0 Å². The van der Waals surface area contributed by atoms with E-state index in [9.17, 15) is 0 Å². The second-order valence-corrected chi connectivity index (χ2v) is 3.95. The first-order chi connectivity index (χ1) is 7.95. The lowest BCUT2D eigenvalue weighted by molar-refractivity contribution is 0.502. The van der Waals surface area contributed by atoms with Crippen LogP contribution in [-0.2, 0) is 13.1 Å². The van der Waals surface area contributed by atoms with Gasteiger partial charge in [-0.05, 0) is 25.0 Å². The van der Waals surface area contributed by atoms with Crippen molar-refractivity contribution in [3.05, 3.63) is 36.9 Å². The van der Waals surface area contributed by atoms with Crippen molar-refractivity contribution in [3.63, 3.8) is 0 Å². The fraction of sp³-hybridized carbons (Fsp3) is 0.500. The smallest absolute Gasteiger partial charge is 0.0489 e. The normalized spacial score (nSPS) is 10.8. The monoisotopic (exact) mass is 218 g/mol. The number of hydrogen-bond donors (Lipinski definition) is 0. The Labute approximate surface area is 95.9 Å². The molecule has 0 amide bonds. The summed E-state index contributed by atoms with van der Waals surface area (Å²) in [5.74, 6) is 0. The van der Waals surface area contributed by atoms with Gasteiger partial charge in [0.2, 0.25) is 0 Å². The molecule has 0 spiro atoms. The Bertz CT molecular complexity index is 325. The van der Waals surface area contributed by atoms with Gasteiger partial charge < -0.3 is 0 Å². The maximum absolute atomic E-state index is 4.18. The summed E-state index contributed by atoms with van der Waals surface area (Å²) in [6, 6.07) is 3.94. The first-order valence-corrected chi connectivity index (χ1v) is 5.90. The van der Waals surface area contributed by atoms with E-state index in [2.05, 4.69) is 10.2 Å². The van der Waals surface area contributed by atoms with Gasteiger partial charge in [-0.1, -0.05) is 12.8 Å². The molecule has 0 atom stereocenters. The lowest BCUT2D eigenvalue weighted by atomic mass is 10.2. The van der Waals surface area contributed by atoms with Crippen molar-refractivity contribution in [2.24, 2.45) is 0 Å². The molecule has 0 fully saturated rings. The van der Waals surface area contributed by atoms with Crippen molar-refractivity contribution in [2.75, 3.05) is 0 Å². The molecular formula is C12H18N4. The van der Waals surface area contributed by atoms with E-state index >= 15 is 0 Å². The second kappa shape index (κ2) is 6.10. The van der Waals surface area contributed by atoms with E-state index in [1.165, 1.54) is 25.7 Å². The van der Waals surface area contributed by atoms with Gasteiger partial charge >= 0.3 is 0 Å². The summed E-state index contributed by atoms with van der Waals surface area (Å²) in [5.41, 5.74) is 0. The van der Waals surface area contributed by atoms with Gasteiger partial charge in [0, 0.05) is 37.9 Å². The van der Waals surface area contributed by atoms with Gasteiger partial charge in [-0.15, -0.1) is 0 Å². The minimum Gasteiger partial charge on any atom is -0.273 e. The van der Waals surface area contributed by atoms with Gasteiger partial charge in [-0.3, -0.25) is 9.36 Å². The van der Waals surface area contributed by atoms with Crippen LogP contribution >= 0.6 is 0 Å². The third kappa shape index (κ3) is 3.53. The zero-order chi connectivity index (χ0) is 11.1. The Balaban J connectivity index is 1.49. The predicted molar refractivity (Wildman–Crippen MR) is 62.9 cm³/mol. The predicted octanol–water partition coefficient (Wildman–Crippen LogP) is 2.34. The third-order valence-corrected chi connectivity index (χ3v) is 2.64. The molecule has 86 valence electrons. The van der Waals surface area contributed by atoms with Gasteiger partial charge in [0.05, 0.1) is 0 Å². The van der Waals surface area contributed by atoms with Crippen LogP contribution in [0.4, 0.5) is 0 Å². The van der Waals surface area contributed by atoms with E-state index in [0.717, 1.165) is 13.1 Å². The highest BCUT2D eigenvalue weighted by atomic mass is 15.3. The highest BCUT2D eigenvalue weighted by molar-refractivity contribution is 4.78. The quantitative estimate of drug-likeness (QED) is 0.669. The molecule has 0 unspecified atom stereocenters. The molecule has 2 heterocycles. The van der Waals surface area contributed by atoms with Crippen LogP contribution in [0.25, 0.3) is 0 Å². The second-order valence-electron chi connectivity index (χ2n) is 3.95. The Morgan fingerprint density at radius 3 is 1.56 bits per heavy atom. The van der Waals surface area contributed by atoms with E-state index in [4.69, 9.17) is 0 Å². The standard InChI is InChI=1S/C12H18N4/c1(3-9-15-11-5-7-13-15)2-4-10-16-12-6-8-14-16/h5-8,11-12H,1-4,9-10H2. The summed E-state index contributed by atoms with van der Waals surface area (Å²) < 4.78 is 3.99. The molecule has 0 saturated heterocycles. The molecule has 2 rings (SSSR count). The highest BCUT2D eigenvalue weighted by Gasteiger charge is 1.93. The van der Waals surface area contributed by atoms with Crippen molar-refractivity contribution in [1.29, 1.82) is 0 Å². The van der Waals surface area contributed by atoms with Crippen LogP contribution in [0, 0.1) is 0 Å². The molecule has 0 aliphatic rings. The molecule has 4 nitrogen and oxygen atoms in total. The van der Waals surface area contributed by atoms with Crippen molar-refractivity contribution >= 4 is 0 Å². The van der Waals surface area contributed by atoms with E-state index < -0.39 is 0 Å². The van der Waals surface area contributed by atoms with E-state index in [0.29, 0.717) is 0 Å². The van der Waals surface area contributed by atoms with Crippen molar-refractivity contribution in [2.45, 2.75) is 38.8 Å². The Kier molecular flexibility index (Phi) is 4.16. The molecule has 0 bridgehead atoms. The van der Waals surface area contributed by atoms with Crippen LogP contribution in [0.1, 0.15) is 25.7 Å². The minimum absolute atomic E-state index is 1.04. The van der Waals surface area contributed by atoms with Crippen LogP contribution in [0.5, 0.6) is 0 Å². The number of aromatic nitrogens is 4. The molecule has 0 aromatic carbocycles. The fourth-order valence-electron chi connectivity index (χ4n) is 1.77. The van der Waals surface area contributed by atoms with E-state index in [-0.39, 0.29) is 0 Å². The zero-order valence-corrected chi connectivity index (χ0v) is 9.50. The Morgan fingerprint density at radius 2 is 1.19 bits per heavy atom. The fourth-order valence-corrected chi connectivity index (χ4v) is 1.77. The molecule has 4 heteroatoms. The molecule has 0 aliphatic carbocycles. The van der Waals surface area contributed by atoms with E-state index in [1.807, 2.05) is 46.3 Å². The number of unbranched alkanes of at least 4 members (excludes halogenated alkanes) is 3. The topological polar surface area (TPSA) is 35.6 Å². The number of aryl methyl sites for hydroxylation is 2. The number of hydrogen-bond acceptors (Lipinski definition) is 2. The zero-order valence-electron chi connectivity index (χ0n) is 9.50. The lowest BCUT2D eigenvalue weighted by Gasteiger charge is -2.02. The van der Waals surface area contributed by atoms with Gasteiger partial charge in [-0.25, -0.2) is 0 Å². The molecule has 0 aliphatic heterocycles. The summed E-state index contributed by atoms with van der Waals surface area (Å²) in [4.78, 5) is 0. The molecule has 2 aromatic heterocycles. The Morgan fingerprint density at radius 1 is 0.688 bits per heavy atom. The van der Waals surface area contributed by atoms with Crippen molar-refractivity contribution in [1.82, 2.24) is 19.6 Å². The summed E-state index contributed by atoms with van der Waals surface area (Å²) >= 11 is 0. The van der Waals surface area contributed by atoms with Crippen LogP contribution < -0.4 is 0 Å². The van der Waals surface area contributed by atoms with Crippen LogP contribution in [0.2, 0.25) is 0 Å². The summed E-state index contributed by atoms with van der Waals surface area (Å²) in [5, 5.41) is 8.35. The van der Waals surface area contributed by atoms with Gasteiger partial charge in [-0.2, -0.15) is 10.2 Å². The Hall–Kier alpha value is -1.58. The molecule has 16 heavy (non-hydrogen) atoms. The third-order valence-electron chi connectivity index (χ3n) is 2.64. The number of nitrogens with zero attached hydrogens (tertiary/aromatic N) is 4. The van der Waals surface area contributed by atoms with Gasteiger partial charge in [0.1, 0.15) is 0 Å². The van der Waals surface area contributed by atoms with Crippen LogP contribution in [0.15, 0.2) is 36.9 Å². The minimum atomic E-state index is 1.04.